The average molecular weight is 817 g/mol. The third kappa shape index (κ3) is 5.26. The van der Waals surface area contributed by atoms with E-state index < -0.39 is 0 Å². The van der Waals surface area contributed by atoms with Crippen molar-refractivity contribution in [2.75, 3.05) is 0 Å². The first-order chi connectivity index (χ1) is 31.7. The molecule has 0 saturated carbocycles. The zero-order valence-electron chi connectivity index (χ0n) is 35.9. The second-order valence-corrected chi connectivity index (χ2v) is 17.2. The molecule has 2 heterocycles. The number of hydrogen-bond acceptors (Lipinski definition) is 0. The molecule has 64 heavy (non-hydrogen) atoms. The Balaban J connectivity index is 1.18. The molecule has 0 aliphatic heterocycles. The fraction of sp³-hybridized carbons (Fsp3) is 0.0645. The molecule has 13 aromatic rings. The summed E-state index contributed by atoms with van der Waals surface area (Å²) in [4.78, 5) is 0. The minimum Gasteiger partial charge on any atom is -0.341 e. The smallest absolute Gasteiger partial charge is 0.0491 e. The summed E-state index contributed by atoms with van der Waals surface area (Å²) in [6, 6.07) is 77.5. The Kier molecular flexibility index (Phi) is 8.20. The van der Waals surface area contributed by atoms with E-state index >= 15 is 0 Å². The molecule has 13 rings (SSSR count). The van der Waals surface area contributed by atoms with Crippen LogP contribution in [0.2, 0.25) is 0 Å². The van der Waals surface area contributed by atoms with Gasteiger partial charge in [-0.1, -0.05) is 164 Å². The third-order valence-electron chi connectivity index (χ3n) is 14.1. The SMILES string of the molecule is CCn1c2ccccc2c2cc(-c3cccc4c(-c5c6ccccc6c(-c6ccccc6)c6ccccc56)c5cccc(-c6ccc7c(c6)c6ccccc6n7CC)c5cc34)ccc21. The van der Waals surface area contributed by atoms with Crippen LogP contribution in [0, 0.1) is 0 Å². The van der Waals surface area contributed by atoms with Gasteiger partial charge in [0, 0.05) is 56.7 Å². The van der Waals surface area contributed by atoms with Crippen LogP contribution in [0.5, 0.6) is 0 Å². The van der Waals surface area contributed by atoms with Gasteiger partial charge in [0.05, 0.1) is 0 Å². The van der Waals surface area contributed by atoms with Gasteiger partial charge in [0.1, 0.15) is 0 Å². The second kappa shape index (κ2) is 14.3. The van der Waals surface area contributed by atoms with Crippen LogP contribution in [0.15, 0.2) is 206 Å². The standard InChI is InChI=1S/C62H44N2/c1-3-63-56-30-14-12-20-44(56)54-36-40(32-34-58(54)63)42-26-16-28-50-52(42)38-53-43(41-33-35-59-55(37-41)45-21-13-15-31-57(45)64(59)4-2)27-17-29-51(53)62(50)61-48-24-10-8-22-46(48)60(39-18-6-5-7-19-39)47-23-9-11-25-49(47)61/h5-38H,3-4H2,1-2H3. The van der Waals surface area contributed by atoms with Gasteiger partial charge in [0.25, 0.3) is 0 Å². The molecule has 0 radical (unpaired) electrons. The van der Waals surface area contributed by atoms with Gasteiger partial charge < -0.3 is 9.13 Å². The molecule has 2 nitrogen and oxygen atoms in total. The highest BCUT2D eigenvalue weighted by Crippen LogP contribution is 2.50. The quantitative estimate of drug-likeness (QED) is 0.148. The van der Waals surface area contributed by atoms with E-state index in [1.807, 2.05) is 0 Å². The van der Waals surface area contributed by atoms with Crippen LogP contribution in [0.4, 0.5) is 0 Å². The third-order valence-corrected chi connectivity index (χ3v) is 14.1. The Morgan fingerprint density at radius 1 is 0.250 bits per heavy atom. The minimum absolute atomic E-state index is 0.922. The van der Waals surface area contributed by atoms with Gasteiger partial charge in [-0.15, -0.1) is 0 Å². The van der Waals surface area contributed by atoms with Crippen LogP contribution >= 0.6 is 0 Å². The first-order valence-corrected chi connectivity index (χ1v) is 22.7. The van der Waals surface area contributed by atoms with Crippen molar-refractivity contribution in [1.29, 1.82) is 0 Å². The van der Waals surface area contributed by atoms with Crippen LogP contribution in [-0.2, 0) is 13.1 Å². The molecule has 0 N–H and O–H groups in total. The second-order valence-electron chi connectivity index (χ2n) is 17.2. The summed E-state index contributed by atoms with van der Waals surface area (Å²) < 4.78 is 4.89. The van der Waals surface area contributed by atoms with Crippen LogP contribution in [0.3, 0.4) is 0 Å². The highest BCUT2D eigenvalue weighted by atomic mass is 15.0. The maximum Gasteiger partial charge on any atom is 0.0491 e. The van der Waals surface area contributed by atoms with Crippen molar-refractivity contribution in [3.63, 3.8) is 0 Å². The lowest BCUT2D eigenvalue weighted by Gasteiger charge is -2.22. The Labute approximate surface area is 371 Å². The molecule has 0 saturated heterocycles. The molecule has 11 aromatic carbocycles. The molecule has 2 heteroatoms. The first-order valence-electron chi connectivity index (χ1n) is 22.7. The molecule has 0 aliphatic carbocycles. The minimum atomic E-state index is 0.922. The Bertz CT molecular complexity index is 3800. The van der Waals surface area contributed by atoms with E-state index in [4.69, 9.17) is 0 Å². The lowest BCUT2D eigenvalue weighted by molar-refractivity contribution is 0.827. The number of hydrogen-bond donors (Lipinski definition) is 0. The first kappa shape index (κ1) is 36.7. The van der Waals surface area contributed by atoms with Crippen molar-refractivity contribution < 1.29 is 0 Å². The molecule has 0 unspecified atom stereocenters. The zero-order valence-corrected chi connectivity index (χ0v) is 35.9. The summed E-state index contributed by atoms with van der Waals surface area (Å²) in [5, 5.41) is 15.2. The number of rotatable bonds is 6. The molecule has 0 fully saturated rings. The highest BCUT2D eigenvalue weighted by Gasteiger charge is 2.23. The summed E-state index contributed by atoms with van der Waals surface area (Å²) in [5.74, 6) is 0. The van der Waals surface area contributed by atoms with E-state index in [-0.39, 0.29) is 0 Å². The van der Waals surface area contributed by atoms with Gasteiger partial charge in [0.15, 0.2) is 0 Å². The molecule has 0 atom stereocenters. The summed E-state index contributed by atoms with van der Waals surface area (Å²) in [7, 11) is 0. The lowest BCUT2D eigenvalue weighted by Crippen LogP contribution is -1.95. The fourth-order valence-electron chi connectivity index (χ4n) is 11.4. The van der Waals surface area contributed by atoms with E-state index in [0.29, 0.717) is 0 Å². The molecule has 0 aliphatic rings. The van der Waals surface area contributed by atoms with Crippen LogP contribution in [-0.4, -0.2) is 9.13 Å². The molecule has 2 aromatic heterocycles. The number of aryl methyl sites for hydroxylation is 2. The molecule has 302 valence electrons. The monoisotopic (exact) mass is 816 g/mol. The normalized spacial score (nSPS) is 12.0. The van der Waals surface area contributed by atoms with Crippen molar-refractivity contribution in [3.8, 4) is 44.5 Å². The molecular formula is C62H44N2. The number of fused-ring (bicyclic) bond motifs is 10. The molecule has 0 bridgehead atoms. The van der Waals surface area contributed by atoms with Gasteiger partial charge in [-0.3, -0.25) is 0 Å². The zero-order chi connectivity index (χ0) is 42.5. The van der Waals surface area contributed by atoms with E-state index in [1.165, 1.54) is 131 Å². The predicted octanol–water partition coefficient (Wildman–Crippen LogP) is 17.2. The molecular weight excluding hydrogens is 773 g/mol. The summed E-state index contributed by atoms with van der Waals surface area (Å²) >= 11 is 0. The molecule has 0 spiro atoms. The van der Waals surface area contributed by atoms with E-state index in [9.17, 15) is 0 Å². The van der Waals surface area contributed by atoms with Gasteiger partial charge in [-0.05, 0) is 144 Å². The van der Waals surface area contributed by atoms with E-state index in [1.54, 1.807) is 0 Å². The Morgan fingerprint density at radius 2 is 0.609 bits per heavy atom. The number of benzene rings is 11. The number of nitrogens with zero attached hydrogens (tertiary/aromatic N) is 2. The Hall–Kier alpha value is -7.94. The Morgan fingerprint density at radius 3 is 1.06 bits per heavy atom. The molecule has 0 amide bonds. The van der Waals surface area contributed by atoms with Crippen molar-refractivity contribution in [3.05, 3.63) is 206 Å². The van der Waals surface area contributed by atoms with Crippen molar-refractivity contribution >= 4 is 86.7 Å². The topological polar surface area (TPSA) is 9.86 Å². The van der Waals surface area contributed by atoms with Crippen molar-refractivity contribution in [2.45, 2.75) is 26.9 Å². The number of aromatic nitrogens is 2. The van der Waals surface area contributed by atoms with Crippen LogP contribution < -0.4 is 0 Å². The van der Waals surface area contributed by atoms with Gasteiger partial charge in [0.2, 0.25) is 0 Å². The van der Waals surface area contributed by atoms with Crippen molar-refractivity contribution in [1.82, 2.24) is 9.13 Å². The van der Waals surface area contributed by atoms with E-state index in [2.05, 4.69) is 229 Å². The van der Waals surface area contributed by atoms with Crippen LogP contribution in [0.25, 0.3) is 131 Å². The number of para-hydroxylation sites is 2. The maximum absolute atomic E-state index is 2.50. The lowest BCUT2D eigenvalue weighted by atomic mass is 9.81. The van der Waals surface area contributed by atoms with Gasteiger partial charge >= 0.3 is 0 Å². The largest absolute Gasteiger partial charge is 0.341 e. The summed E-state index contributed by atoms with van der Waals surface area (Å²) in [5.41, 5.74) is 15.1. The van der Waals surface area contributed by atoms with Crippen LogP contribution in [0.1, 0.15) is 13.8 Å². The fourth-order valence-corrected chi connectivity index (χ4v) is 11.4. The summed E-state index contributed by atoms with van der Waals surface area (Å²) in [6.07, 6.45) is 0. The average Bonchev–Trinajstić information content (AvgIpc) is 3.86. The summed E-state index contributed by atoms with van der Waals surface area (Å²) in [6.45, 7) is 6.33. The van der Waals surface area contributed by atoms with Crippen molar-refractivity contribution in [2.24, 2.45) is 0 Å². The van der Waals surface area contributed by atoms with E-state index in [0.717, 1.165) is 13.1 Å². The highest BCUT2D eigenvalue weighted by molar-refractivity contribution is 6.29. The van der Waals surface area contributed by atoms with Gasteiger partial charge in [-0.2, -0.15) is 0 Å². The van der Waals surface area contributed by atoms with Gasteiger partial charge in [-0.25, -0.2) is 0 Å². The predicted molar refractivity (Wildman–Crippen MR) is 276 cm³/mol. The maximum atomic E-state index is 2.50.